The summed E-state index contributed by atoms with van der Waals surface area (Å²) in [6, 6.07) is 16.6. The molecule has 6 rings (SSSR count). The van der Waals surface area contributed by atoms with Crippen molar-refractivity contribution in [1.29, 1.82) is 0 Å². The SMILES string of the molecule is Cc1ccccc1P(/C(=C(/B(c1c(F)c(F)c(F)c(F)c1F)c1c(F)c(F)c(F)c(F)c1F)c1c(F)c(F)c(F)c(F)c1F)c1ccccc1C#C[Si](C)(C)C)c1ccccc1C. The van der Waals surface area contributed by atoms with E-state index in [-0.39, 0.29) is 27.3 Å². The van der Waals surface area contributed by atoms with Gasteiger partial charge in [-0.15, -0.1) is 5.54 Å². The van der Waals surface area contributed by atoms with Gasteiger partial charge >= 0.3 is 0 Å². The summed E-state index contributed by atoms with van der Waals surface area (Å²) in [7, 11) is -5.32. The Labute approximate surface area is 352 Å². The van der Waals surface area contributed by atoms with Gasteiger partial charge in [0.05, 0.1) is 0 Å². The van der Waals surface area contributed by atoms with Gasteiger partial charge in [0, 0.05) is 22.1 Å². The lowest BCUT2D eigenvalue weighted by molar-refractivity contribution is 0.376. The molecule has 6 aromatic carbocycles. The van der Waals surface area contributed by atoms with E-state index in [0.717, 1.165) is 6.07 Å². The first-order valence-electron chi connectivity index (χ1n) is 18.4. The van der Waals surface area contributed by atoms with E-state index < -0.39 is 143 Å². The maximum atomic E-state index is 16.8. The Bertz CT molecular complexity index is 2750. The van der Waals surface area contributed by atoms with E-state index in [0.29, 0.717) is 0 Å². The third-order valence-corrected chi connectivity index (χ3v) is 13.5. The van der Waals surface area contributed by atoms with Crippen molar-refractivity contribution >= 4 is 55.0 Å². The first kappa shape index (κ1) is 46.8. The molecule has 0 unspecified atom stereocenters. The molecule has 63 heavy (non-hydrogen) atoms. The van der Waals surface area contributed by atoms with Crippen LogP contribution >= 0.6 is 7.92 Å². The molecule has 0 spiro atoms. The molecular weight excluding hydrogens is 895 g/mol. The fraction of sp³-hybridized carbons (Fsp3) is 0.111. The van der Waals surface area contributed by atoms with E-state index >= 15 is 52.7 Å². The second kappa shape index (κ2) is 17.8. The number of rotatable bonds is 8. The lowest BCUT2D eigenvalue weighted by Gasteiger charge is -2.32. The molecule has 0 aromatic heterocycles. The third-order valence-electron chi connectivity index (χ3n) is 9.78. The quantitative estimate of drug-likeness (QED) is 0.0271. The van der Waals surface area contributed by atoms with Crippen LogP contribution < -0.4 is 21.5 Å². The minimum atomic E-state index is -3.82. The van der Waals surface area contributed by atoms with Gasteiger partial charge in [0.25, 0.3) is 6.71 Å². The Morgan fingerprint density at radius 1 is 0.444 bits per heavy atom. The van der Waals surface area contributed by atoms with Gasteiger partial charge in [0.1, 0.15) is 8.07 Å². The Hall–Kier alpha value is -5.72. The summed E-state index contributed by atoms with van der Waals surface area (Å²) in [6.45, 7) is 4.47. The molecule has 0 aliphatic rings. The monoisotopic (exact) mass is 922 g/mol. The largest absolute Gasteiger partial charge is 0.259 e. The normalized spacial score (nSPS) is 12.1. The van der Waals surface area contributed by atoms with E-state index in [1.54, 1.807) is 19.6 Å². The molecule has 0 atom stereocenters. The van der Waals surface area contributed by atoms with E-state index in [1.807, 2.05) is 0 Å². The van der Waals surface area contributed by atoms with Crippen molar-refractivity contribution in [3.8, 4) is 11.5 Å². The van der Waals surface area contributed by atoms with Gasteiger partial charge in [-0.2, -0.15) is 0 Å². The summed E-state index contributed by atoms with van der Waals surface area (Å²) in [6.07, 6.45) is 0. The van der Waals surface area contributed by atoms with Crippen molar-refractivity contribution in [3.05, 3.63) is 188 Å². The van der Waals surface area contributed by atoms with Crippen molar-refractivity contribution in [3.63, 3.8) is 0 Å². The molecular formula is C45H27BF15PSi. The number of hydrogen-bond acceptors (Lipinski definition) is 0. The van der Waals surface area contributed by atoms with Crippen LogP contribution in [0.25, 0.3) is 10.8 Å². The van der Waals surface area contributed by atoms with E-state index in [2.05, 4.69) is 11.5 Å². The zero-order valence-electron chi connectivity index (χ0n) is 33.1. The zero-order chi connectivity index (χ0) is 46.6. The van der Waals surface area contributed by atoms with Gasteiger partial charge in [0.2, 0.25) is 5.82 Å². The van der Waals surface area contributed by atoms with Gasteiger partial charge in [-0.3, -0.25) is 0 Å². The second-order valence-corrected chi connectivity index (χ2v) is 21.9. The van der Waals surface area contributed by atoms with Crippen LogP contribution in [0.1, 0.15) is 27.8 Å². The predicted molar refractivity (Wildman–Crippen MR) is 216 cm³/mol. The maximum Gasteiger partial charge on any atom is 0.259 e. The summed E-state index contributed by atoms with van der Waals surface area (Å²) in [4.78, 5) is 0. The van der Waals surface area contributed by atoms with E-state index in [9.17, 15) is 13.2 Å². The Kier molecular flexibility index (Phi) is 13.2. The highest BCUT2D eigenvalue weighted by Crippen LogP contribution is 2.55. The smallest absolute Gasteiger partial charge is 0.204 e. The summed E-state index contributed by atoms with van der Waals surface area (Å²) in [5.74, 6) is -40.7. The van der Waals surface area contributed by atoms with Gasteiger partial charge in [-0.05, 0) is 65.9 Å². The molecule has 0 aliphatic carbocycles. The number of halogens is 15. The Morgan fingerprint density at radius 2 is 0.778 bits per heavy atom. The predicted octanol–water partition coefficient (Wildman–Crippen LogP) is 11.5. The average molecular weight is 923 g/mol. The first-order chi connectivity index (χ1) is 29.5. The maximum absolute atomic E-state index is 16.8. The minimum absolute atomic E-state index is 0.0969. The number of benzene rings is 6. The van der Waals surface area contributed by atoms with Gasteiger partial charge in [-0.1, -0.05) is 92.3 Å². The summed E-state index contributed by atoms with van der Waals surface area (Å²) < 4.78 is 237. The first-order valence-corrected chi connectivity index (χ1v) is 23.2. The molecule has 324 valence electrons. The van der Waals surface area contributed by atoms with Gasteiger partial charge in [0.15, 0.2) is 81.4 Å². The molecule has 0 N–H and O–H groups in total. The lowest BCUT2D eigenvalue weighted by atomic mass is 9.34. The van der Waals surface area contributed by atoms with Crippen LogP contribution in [0.4, 0.5) is 65.9 Å². The highest BCUT2D eigenvalue weighted by molar-refractivity contribution is 7.83. The van der Waals surface area contributed by atoms with Crippen LogP contribution in [-0.2, 0) is 0 Å². The third kappa shape index (κ3) is 8.31. The minimum Gasteiger partial charge on any atom is -0.204 e. The Balaban J connectivity index is 2.14. The van der Waals surface area contributed by atoms with Crippen LogP contribution in [0.3, 0.4) is 0 Å². The van der Waals surface area contributed by atoms with E-state index in [4.69, 9.17) is 0 Å². The fourth-order valence-electron chi connectivity index (χ4n) is 6.86. The van der Waals surface area contributed by atoms with Crippen molar-refractivity contribution in [2.75, 3.05) is 0 Å². The van der Waals surface area contributed by atoms with Gasteiger partial charge < -0.3 is 0 Å². The highest BCUT2D eigenvalue weighted by Gasteiger charge is 2.47. The summed E-state index contributed by atoms with van der Waals surface area (Å²) in [5, 5.41) is -0.672. The molecule has 0 radical (unpaired) electrons. The van der Waals surface area contributed by atoms with Crippen molar-refractivity contribution in [2.45, 2.75) is 33.5 Å². The van der Waals surface area contributed by atoms with Crippen LogP contribution in [0.5, 0.6) is 0 Å². The molecule has 0 aliphatic heterocycles. The van der Waals surface area contributed by atoms with E-state index in [1.165, 1.54) is 80.6 Å². The number of aryl methyl sites for hydroxylation is 2. The van der Waals surface area contributed by atoms with Crippen molar-refractivity contribution < 1.29 is 65.9 Å². The van der Waals surface area contributed by atoms with Gasteiger partial charge in [-0.25, -0.2) is 65.9 Å². The zero-order valence-corrected chi connectivity index (χ0v) is 35.0. The molecule has 18 heteroatoms. The fourth-order valence-corrected chi connectivity index (χ4v) is 10.4. The second-order valence-electron chi connectivity index (χ2n) is 15.1. The molecule has 0 amide bonds. The molecule has 0 saturated carbocycles. The molecule has 0 bridgehead atoms. The summed E-state index contributed by atoms with van der Waals surface area (Å²) in [5.41, 5.74) is -6.12. The van der Waals surface area contributed by atoms with Crippen LogP contribution in [-0.4, -0.2) is 14.8 Å². The molecule has 0 fully saturated rings. The molecule has 0 nitrogen and oxygen atoms in total. The van der Waals surface area contributed by atoms with Crippen LogP contribution in [0.2, 0.25) is 19.6 Å². The molecule has 0 saturated heterocycles. The van der Waals surface area contributed by atoms with Crippen molar-refractivity contribution in [1.82, 2.24) is 0 Å². The highest BCUT2D eigenvalue weighted by atomic mass is 31.1. The Morgan fingerprint density at radius 3 is 1.16 bits per heavy atom. The molecule has 6 aromatic rings. The molecule has 0 heterocycles. The van der Waals surface area contributed by atoms with Crippen molar-refractivity contribution in [2.24, 2.45) is 0 Å². The number of hydrogen-bond donors (Lipinski definition) is 0. The summed E-state index contributed by atoms with van der Waals surface area (Å²) >= 11 is 0. The standard InChI is InChI=1S/C45H27BF15PSi/c1-20-12-6-10-16-24(20)62(25-17-11-7-13-21(25)2)45(23-15-9-8-14-22(23)18-19-63(3,4)5)27(26-30(47)36(53)42(59)37(54)31(26)48)46(28-32(49)38(55)43(60)39(56)33(28)50)29-34(51)40(57)44(61)41(58)35(29)52/h6-17H,1-5H3/b45-27+. The van der Waals surface area contributed by atoms with Crippen LogP contribution in [0.15, 0.2) is 72.8 Å². The lowest BCUT2D eigenvalue weighted by Crippen LogP contribution is -2.52. The topological polar surface area (TPSA) is 0 Å². The van der Waals surface area contributed by atoms with Crippen LogP contribution in [0, 0.1) is 113 Å². The average Bonchev–Trinajstić information content (AvgIpc) is 3.25.